The highest BCUT2D eigenvalue weighted by Crippen LogP contribution is 2.38. The van der Waals surface area contributed by atoms with Gasteiger partial charge in [0.15, 0.2) is 5.78 Å². The van der Waals surface area contributed by atoms with Crippen molar-refractivity contribution in [2.45, 2.75) is 44.8 Å². The molecule has 2 fully saturated rings. The first-order valence-electron chi connectivity index (χ1n) is 9.26. The minimum Gasteiger partial charge on any atom is -0.386 e. The molecule has 4 heteroatoms. The summed E-state index contributed by atoms with van der Waals surface area (Å²) in [4.78, 5) is 19.5. The molecule has 1 aliphatic carbocycles. The lowest BCUT2D eigenvalue weighted by Gasteiger charge is -2.44. The van der Waals surface area contributed by atoms with Gasteiger partial charge in [-0.25, -0.2) is 0 Å². The van der Waals surface area contributed by atoms with E-state index in [2.05, 4.69) is 9.88 Å². The number of carbonyl (C=O) groups is 1. The molecule has 2 unspecified atom stereocenters. The monoisotopic (exact) mass is 336 g/mol. The lowest BCUT2D eigenvalue weighted by Crippen LogP contribution is -2.61. The first-order chi connectivity index (χ1) is 12.2. The zero-order valence-corrected chi connectivity index (χ0v) is 14.6. The van der Waals surface area contributed by atoms with E-state index in [9.17, 15) is 9.90 Å². The van der Waals surface area contributed by atoms with Crippen LogP contribution in [0.3, 0.4) is 0 Å². The number of aliphatic hydroxyl groups is 1. The summed E-state index contributed by atoms with van der Waals surface area (Å²) < 4.78 is 0. The zero-order valence-electron chi connectivity index (χ0n) is 14.6. The predicted molar refractivity (Wildman–Crippen MR) is 99.2 cm³/mol. The molecule has 0 radical (unpaired) electrons. The standard InChI is InChI=1S/C21H24N2O2/c1-2-14(15-10-11-22-17-9-5-4-8-16(15)17)18-20(24)19(21(18)25)23-12-6-3-7-13-23/h4-5,8-11,19-20,24H,2-3,6-7,12-13H2,1H3. The van der Waals surface area contributed by atoms with Crippen LogP contribution in [0.25, 0.3) is 16.5 Å². The van der Waals surface area contributed by atoms with Crippen LogP contribution >= 0.6 is 0 Å². The van der Waals surface area contributed by atoms with Gasteiger partial charge in [-0.15, -0.1) is 0 Å². The van der Waals surface area contributed by atoms with Crippen LogP contribution in [0.2, 0.25) is 0 Å². The maximum atomic E-state index is 12.9. The number of allylic oxidation sites excluding steroid dienone is 1. The van der Waals surface area contributed by atoms with Crippen LogP contribution in [0.5, 0.6) is 0 Å². The third-order valence-electron chi connectivity index (χ3n) is 5.57. The summed E-state index contributed by atoms with van der Waals surface area (Å²) in [5.74, 6) is 0.104. The Labute approximate surface area is 148 Å². The van der Waals surface area contributed by atoms with Crippen LogP contribution in [-0.4, -0.2) is 46.0 Å². The van der Waals surface area contributed by atoms with Gasteiger partial charge in [-0.3, -0.25) is 14.7 Å². The van der Waals surface area contributed by atoms with Gasteiger partial charge >= 0.3 is 0 Å². The topological polar surface area (TPSA) is 53.4 Å². The van der Waals surface area contributed by atoms with Crippen LogP contribution < -0.4 is 0 Å². The van der Waals surface area contributed by atoms with E-state index >= 15 is 0 Å². The number of piperidine rings is 1. The number of para-hydroxylation sites is 1. The van der Waals surface area contributed by atoms with Crippen molar-refractivity contribution < 1.29 is 9.90 Å². The molecule has 1 aromatic carbocycles. The number of hydrogen-bond acceptors (Lipinski definition) is 4. The maximum Gasteiger partial charge on any atom is 0.181 e. The lowest BCUT2D eigenvalue weighted by atomic mass is 9.74. The van der Waals surface area contributed by atoms with Crippen LogP contribution in [-0.2, 0) is 4.79 Å². The summed E-state index contributed by atoms with van der Waals surface area (Å²) in [5, 5.41) is 11.8. The van der Waals surface area contributed by atoms with Gasteiger partial charge in [0.25, 0.3) is 0 Å². The fourth-order valence-electron chi connectivity index (χ4n) is 4.28. The first kappa shape index (κ1) is 16.4. The number of likely N-dealkylation sites (tertiary alicyclic amines) is 1. The Morgan fingerprint density at radius 1 is 1.20 bits per heavy atom. The highest BCUT2D eigenvalue weighted by atomic mass is 16.3. The van der Waals surface area contributed by atoms with E-state index in [1.807, 2.05) is 37.3 Å². The largest absolute Gasteiger partial charge is 0.386 e. The van der Waals surface area contributed by atoms with Crippen molar-refractivity contribution in [3.05, 3.63) is 47.7 Å². The van der Waals surface area contributed by atoms with Gasteiger partial charge in [-0.2, -0.15) is 0 Å². The number of ketones is 1. The number of pyridine rings is 1. The van der Waals surface area contributed by atoms with Gasteiger partial charge in [0.2, 0.25) is 0 Å². The van der Waals surface area contributed by atoms with E-state index < -0.39 is 6.10 Å². The molecule has 1 saturated carbocycles. The van der Waals surface area contributed by atoms with Gasteiger partial charge in [0, 0.05) is 17.2 Å². The first-order valence-corrected chi connectivity index (χ1v) is 9.26. The average molecular weight is 336 g/mol. The smallest absolute Gasteiger partial charge is 0.181 e. The average Bonchev–Trinajstić information content (AvgIpc) is 2.66. The van der Waals surface area contributed by atoms with Crippen molar-refractivity contribution >= 4 is 22.3 Å². The van der Waals surface area contributed by atoms with Crippen molar-refractivity contribution in [2.24, 2.45) is 0 Å². The summed E-state index contributed by atoms with van der Waals surface area (Å²) in [5.41, 5.74) is 3.51. The number of fused-ring (bicyclic) bond motifs is 1. The Kier molecular flexibility index (Phi) is 4.40. The lowest BCUT2D eigenvalue weighted by molar-refractivity contribution is -0.133. The van der Waals surface area contributed by atoms with E-state index in [0.29, 0.717) is 5.57 Å². The summed E-state index contributed by atoms with van der Waals surface area (Å²) in [7, 11) is 0. The molecule has 0 amide bonds. The summed E-state index contributed by atoms with van der Waals surface area (Å²) in [6, 6.07) is 9.58. The molecule has 0 spiro atoms. The number of rotatable bonds is 3. The Morgan fingerprint density at radius 2 is 1.96 bits per heavy atom. The second kappa shape index (κ2) is 6.70. The maximum absolute atomic E-state index is 12.9. The molecule has 1 aliphatic heterocycles. The van der Waals surface area contributed by atoms with Crippen LogP contribution in [0.4, 0.5) is 0 Å². The number of carbonyl (C=O) groups excluding carboxylic acids is 1. The quantitative estimate of drug-likeness (QED) is 0.875. The Bertz CT molecular complexity index is 831. The van der Waals surface area contributed by atoms with Crippen LogP contribution in [0.1, 0.15) is 38.2 Å². The number of hydrogen-bond donors (Lipinski definition) is 1. The van der Waals surface area contributed by atoms with E-state index in [1.165, 1.54) is 6.42 Å². The summed E-state index contributed by atoms with van der Waals surface area (Å²) in [6.07, 6.45) is 5.28. The van der Waals surface area contributed by atoms with Crippen molar-refractivity contribution in [1.82, 2.24) is 9.88 Å². The molecule has 4 rings (SSSR count). The number of aromatic nitrogens is 1. The molecule has 2 heterocycles. The molecule has 25 heavy (non-hydrogen) atoms. The number of aliphatic hydroxyl groups excluding tert-OH is 1. The number of nitrogens with zero attached hydrogens (tertiary/aromatic N) is 2. The van der Waals surface area contributed by atoms with Crippen molar-refractivity contribution in [3.8, 4) is 0 Å². The van der Waals surface area contributed by atoms with E-state index in [1.54, 1.807) is 6.20 Å². The molecule has 2 aliphatic rings. The molecular weight excluding hydrogens is 312 g/mol. The summed E-state index contributed by atoms with van der Waals surface area (Å²) in [6.45, 7) is 3.88. The summed E-state index contributed by atoms with van der Waals surface area (Å²) >= 11 is 0. The van der Waals surface area contributed by atoms with E-state index in [4.69, 9.17) is 0 Å². The highest BCUT2D eigenvalue weighted by molar-refractivity contribution is 6.15. The number of Topliss-reactive ketones (excluding diaryl/α,β-unsaturated/α-hetero) is 1. The van der Waals surface area contributed by atoms with Gasteiger partial charge in [-0.1, -0.05) is 31.5 Å². The second-order valence-corrected chi connectivity index (χ2v) is 6.97. The zero-order chi connectivity index (χ0) is 17.4. The Hall–Kier alpha value is -2.04. The third-order valence-corrected chi connectivity index (χ3v) is 5.57. The van der Waals surface area contributed by atoms with Gasteiger partial charge in [0.05, 0.1) is 5.52 Å². The molecular formula is C21H24N2O2. The fraction of sp³-hybridized carbons (Fsp3) is 0.429. The molecule has 4 nitrogen and oxygen atoms in total. The molecule has 1 aromatic heterocycles. The molecule has 2 atom stereocenters. The van der Waals surface area contributed by atoms with Crippen LogP contribution in [0, 0.1) is 0 Å². The highest BCUT2D eigenvalue weighted by Gasteiger charge is 2.49. The van der Waals surface area contributed by atoms with E-state index in [-0.39, 0.29) is 11.8 Å². The molecule has 1 saturated heterocycles. The Balaban J connectivity index is 1.74. The minimum atomic E-state index is -0.674. The van der Waals surface area contributed by atoms with Gasteiger partial charge in [-0.05, 0) is 55.6 Å². The van der Waals surface area contributed by atoms with Gasteiger partial charge in [0.1, 0.15) is 12.1 Å². The van der Waals surface area contributed by atoms with Gasteiger partial charge < -0.3 is 5.11 Å². The van der Waals surface area contributed by atoms with Crippen molar-refractivity contribution in [3.63, 3.8) is 0 Å². The van der Waals surface area contributed by atoms with E-state index in [0.717, 1.165) is 54.4 Å². The SMILES string of the molecule is CCC(=C1C(=O)C(N2CCCCC2)C1O)c1ccnc2ccccc12. The third kappa shape index (κ3) is 2.70. The van der Waals surface area contributed by atoms with Crippen molar-refractivity contribution in [2.75, 3.05) is 13.1 Å². The predicted octanol–water partition coefficient (Wildman–Crippen LogP) is 3.20. The molecule has 2 aromatic rings. The molecule has 1 N–H and O–H groups in total. The number of benzene rings is 1. The molecule has 130 valence electrons. The van der Waals surface area contributed by atoms with Crippen LogP contribution in [0.15, 0.2) is 42.1 Å². The minimum absolute atomic E-state index is 0.104. The fourth-order valence-corrected chi connectivity index (χ4v) is 4.28. The normalized spacial score (nSPS) is 26.6. The van der Waals surface area contributed by atoms with Crippen molar-refractivity contribution in [1.29, 1.82) is 0 Å². The Morgan fingerprint density at radius 3 is 2.68 bits per heavy atom. The molecule has 0 bridgehead atoms. The second-order valence-electron chi connectivity index (χ2n) is 6.97.